The second-order valence-electron chi connectivity index (χ2n) is 5.43. The minimum absolute atomic E-state index is 0.275. The van der Waals surface area contributed by atoms with E-state index in [0.717, 1.165) is 28.3 Å². The van der Waals surface area contributed by atoms with Crippen LogP contribution in [-0.2, 0) is 6.54 Å². The molecule has 24 heavy (non-hydrogen) atoms. The van der Waals surface area contributed by atoms with Gasteiger partial charge in [0.25, 0.3) is 0 Å². The van der Waals surface area contributed by atoms with Crippen LogP contribution in [-0.4, -0.2) is 11.1 Å². The predicted molar refractivity (Wildman–Crippen MR) is 94.6 cm³/mol. The lowest BCUT2D eigenvalue weighted by molar-refractivity contribution is 0.0697. The number of carboxylic acid groups (broad SMARTS) is 1. The molecule has 0 radical (unpaired) electrons. The van der Waals surface area contributed by atoms with Crippen molar-refractivity contribution in [1.82, 2.24) is 0 Å². The highest BCUT2D eigenvalue weighted by Gasteiger charge is 2.09. The molecule has 0 atom stereocenters. The third-order valence-electron chi connectivity index (χ3n) is 3.73. The molecule has 0 aliphatic carbocycles. The second kappa shape index (κ2) is 6.81. The SMILES string of the molecule is Cc1cc(C(=O)O)ccc1NCc1ccc(-c2ccccc2Cl)o1. The van der Waals surface area contributed by atoms with E-state index in [-0.39, 0.29) is 5.56 Å². The number of carboxylic acids is 1. The molecule has 0 amide bonds. The fourth-order valence-electron chi connectivity index (χ4n) is 2.46. The summed E-state index contributed by atoms with van der Waals surface area (Å²) in [5.74, 6) is 0.557. The molecule has 0 spiro atoms. The Bertz CT molecular complexity index is 886. The second-order valence-corrected chi connectivity index (χ2v) is 5.84. The average Bonchev–Trinajstić information content (AvgIpc) is 3.02. The summed E-state index contributed by atoms with van der Waals surface area (Å²) >= 11 is 6.18. The molecule has 1 heterocycles. The van der Waals surface area contributed by atoms with E-state index in [0.29, 0.717) is 11.6 Å². The average molecular weight is 342 g/mol. The molecule has 0 unspecified atom stereocenters. The van der Waals surface area contributed by atoms with E-state index >= 15 is 0 Å². The van der Waals surface area contributed by atoms with Crippen molar-refractivity contribution in [1.29, 1.82) is 0 Å². The molecule has 0 saturated heterocycles. The fourth-order valence-corrected chi connectivity index (χ4v) is 2.68. The maximum atomic E-state index is 11.0. The number of anilines is 1. The van der Waals surface area contributed by atoms with Gasteiger partial charge in [0.2, 0.25) is 0 Å². The van der Waals surface area contributed by atoms with E-state index in [1.54, 1.807) is 18.2 Å². The molecule has 4 nitrogen and oxygen atoms in total. The maximum absolute atomic E-state index is 11.0. The molecule has 0 bridgehead atoms. The van der Waals surface area contributed by atoms with E-state index < -0.39 is 5.97 Å². The van der Waals surface area contributed by atoms with Crippen molar-refractivity contribution >= 4 is 23.3 Å². The number of benzene rings is 2. The first-order valence-electron chi connectivity index (χ1n) is 7.46. The van der Waals surface area contributed by atoms with Gasteiger partial charge in [0.1, 0.15) is 11.5 Å². The Morgan fingerprint density at radius 3 is 2.67 bits per heavy atom. The molecule has 0 aliphatic rings. The van der Waals surface area contributed by atoms with Gasteiger partial charge in [-0.25, -0.2) is 4.79 Å². The lowest BCUT2D eigenvalue weighted by Crippen LogP contribution is -2.02. The summed E-state index contributed by atoms with van der Waals surface area (Å²) in [7, 11) is 0. The van der Waals surface area contributed by atoms with Gasteiger partial charge in [-0.15, -0.1) is 0 Å². The maximum Gasteiger partial charge on any atom is 0.335 e. The van der Waals surface area contributed by atoms with E-state index in [2.05, 4.69) is 5.32 Å². The predicted octanol–water partition coefficient (Wildman–Crippen LogP) is 5.22. The van der Waals surface area contributed by atoms with Gasteiger partial charge in [0, 0.05) is 11.3 Å². The first-order valence-corrected chi connectivity index (χ1v) is 7.84. The van der Waals surface area contributed by atoms with Gasteiger partial charge in [-0.3, -0.25) is 0 Å². The van der Waals surface area contributed by atoms with Crippen LogP contribution >= 0.6 is 11.6 Å². The monoisotopic (exact) mass is 341 g/mol. The van der Waals surface area contributed by atoms with Crippen LogP contribution in [0.2, 0.25) is 5.02 Å². The summed E-state index contributed by atoms with van der Waals surface area (Å²) in [5, 5.41) is 12.9. The Kier molecular flexibility index (Phi) is 4.58. The number of aryl methyl sites for hydroxylation is 1. The van der Waals surface area contributed by atoms with Crippen LogP contribution in [0, 0.1) is 6.92 Å². The minimum Gasteiger partial charge on any atom is -0.478 e. The molecule has 0 fully saturated rings. The van der Waals surface area contributed by atoms with E-state index in [4.69, 9.17) is 21.1 Å². The molecule has 1 aromatic heterocycles. The summed E-state index contributed by atoms with van der Waals surface area (Å²) < 4.78 is 5.83. The molecule has 2 N–H and O–H groups in total. The van der Waals surface area contributed by atoms with E-state index in [1.807, 2.05) is 43.3 Å². The number of carbonyl (C=O) groups is 1. The Balaban J connectivity index is 1.72. The third-order valence-corrected chi connectivity index (χ3v) is 4.06. The summed E-state index contributed by atoms with van der Waals surface area (Å²) in [4.78, 5) is 11.0. The molecule has 2 aromatic carbocycles. The van der Waals surface area contributed by atoms with Crippen molar-refractivity contribution < 1.29 is 14.3 Å². The summed E-state index contributed by atoms with van der Waals surface area (Å²) in [5.41, 5.74) is 2.87. The molecule has 0 aliphatic heterocycles. The van der Waals surface area contributed by atoms with Crippen molar-refractivity contribution in [3.05, 3.63) is 76.5 Å². The summed E-state index contributed by atoms with van der Waals surface area (Å²) in [6.07, 6.45) is 0. The third kappa shape index (κ3) is 3.44. The van der Waals surface area contributed by atoms with Gasteiger partial charge < -0.3 is 14.8 Å². The topological polar surface area (TPSA) is 62.5 Å². The van der Waals surface area contributed by atoms with Crippen molar-refractivity contribution in [3.8, 4) is 11.3 Å². The van der Waals surface area contributed by atoms with Crippen LogP contribution in [0.1, 0.15) is 21.7 Å². The Hall–Kier alpha value is -2.72. The largest absolute Gasteiger partial charge is 0.478 e. The van der Waals surface area contributed by atoms with E-state index in [1.165, 1.54) is 0 Å². The number of hydrogen-bond acceptors (Lipinski definition) is 3. The lowest BCUT2D eigenvalue weighted by atomic mass is 10.1. The molecule has 3 rings (SSSR count). The number of halogens is 1. The normalized spacial score (nSPS) is 10.6. The van der Waals surface area contributed by atoms with Gasteiger partial charge >= 0.3 is 5.97 Å². The Morgan fingerprint density at radius 2 is 1.96 bits per heavy atom. The number of hydrogen-bond donors (Lipinski definition) is 2. The van der Waals surface area contributed by atoms with Crippen LogP contribution in [0.15, 0.2) is 59.0 Å². The lowest BCUT2D eigenvalue weighted by Gasteiger charge is -2.09. The van der Waals surface area contributed by atoms with Crippen molar-refractivity contribution in [2.24, 2.45) is 0 Å². The highest BCUT2D eigenvalue weighted by molar-refractivity contribution is 6.33. The molecule has 122 valence electrons. The van der Waals surface area contributed by atoms with Crippen molar-refractivity contribution in [3.63, 3.8) is 0 Å². The zero-order valence-electron chi connectivity index (χ0n) is 13.0. The van der Waals surface area contributed by atoms with Crippen molar-refractivity contribution in [2.75, 3.05) is 5.32 Å². The van der Waals surface area contributed by atoms with Gasteiger partial charge in [0.05, 0.1) is 17.1 Å². The van der Waals surface area contributed by atoms with Gasteiger partial charge in [-0.05, 0) is 55.0 Å². The quantitative estimate of drug-likeness (QED) is 0.668. The number of nitrogens with one attached hydrogen (secondary N) is 1. The Labute approximate surface area is 144 Å². The van der Waals surface area contributed by atoms with Crippen LogP contribution in [0.3, 0.4) is 0 Å². The first kappa shape index (κ1) is 16.1. The highest BCUT2D eigenvalue weighted by atomic mass is 35.5. The van der Waals surface area contributed by atoms with Crippen LogP contribution in [0.4, 0.5) is 5.69 Å². The van der Waals surface area contributed by atoms with E-state index in [9.17, 15) is 4.79 Å². The minimum atomic E-state index is -0.930. The number of aromatic carboxylic acids is 1. The van der Waals surface area contributed by atoms with Gasteiger partial charge in [0.15, 0.2) is 0 Å². The van der Waals surface area contributed by atoms with Crippen molar-refractivity contribution in [2.45, 2.75) is 13.5 Å². The van der Waals surface area contributed by atoms with Crippen LogP contribution < -0.4 is 5.32 Å². The number of furan rings is 1. The standard InChI is InChI=1S/C19H16ClNO3/c1-12-10-13(19(22)23)6-8-17(12)21-11-14-7-9-18(24-14)15-4-2-3-5-16(15)20/h2-10,21H,11H2,1H3,(H,22,23). The van der Waals surface area contributed by atoms with Gasteiger partial charge in [-0.1, -0.05) is 23.7 Å². The summed E-state index contributed by atoms with van der Waals surface area (Å²) in [6.45, 7) is 2.36. The smallest absolute Gasteiger partial charge is 0.335 e. The molecule has 5 heteroatoms. The van der Waals surface area contributed by atoms with Crippen LogP contribution in [0.25, 0.3) is 11.3 Å². The molecule has 0 saturated carbocycles. The highest BCUT2D eigenvalue weighted by Crippen LogP contribution is 2.29. The van der Waals surface area contributed by atoms with Gasteiger partial charge in [-0.2, -0.15) is 0 Å². The number of rotatable bonds is 5. The Morgan fingerprint density at radius 1 is 1.17 bits per heavy atom. The first-order chi connectivity index (χ1) is 11.5. The molecular weight excluding hydrogens is 326 g/mol. The summed E-state index contributed by atoms with van der Waals surface area (Å²) in [6, 6.07) is 16.3. The fraction of sp³-hybridized carbons (Fsp3) is 0.105. The zero-order chi connectivity index (χ0) is 17.1. The molecule has 3 aromatic rings. The molecular formula is C19H16ClNO3. The zero-order valence-corrected chi connectivity index (χ0v) is 13.8. The van der Waals surface area contributed by atoms with Crippen LogP contribution in [0.5, 0.6) is 0 Å².